The van der Waals surface area contributed by atoms with Gasteiger partial charge >= 0.3 is 6.18 Å². The summed E-state index contributed by atoms with van der Waals surface area (Å²) < 4.78 is 75.3. The number of nitrogens with one attached hydrogen (secondary N) is 1. The molecular weight excluding hydrogens is 473 g/mol. The molecule has 0 aliphatic heterocycles. The molecule has 8 nitrogen and oxygen atoms in total. The summed E-state index contributed by atoms with van der Waals surface area (Å²) in [7, 11) is -1.52. The number of carbonyl (C=O) groups is 1. The van der Waals surface area contributed by atoms with Gasteiger partial charge in [0.1, 0.15) is 5.54 Å². The van der Waals surface area contributed by atoms with Crippen molar-refractivity contribution >= 4 is 15.7 Å². The molecule has 0 saturated heterocycles. The fourth-order valence-corrected chi connectivity index (χ4v) is 6.39. The van der Waals surface area contributed by atoms with Gasteiger partial charge in [0.05, 0.1) is 40.0 Å². The second-order valence-corrected chi connectivity index (χ2v) is 11.0. The van der Waals surface area contributed by atoms with Crippen molar-refractivity contribution in [1.29, 1.82) is 5.26 Å². The Morgan fingerprint density at radius 3 is 2.53 bits per heavy atom. The predicted molar refractivity (Wildman–Crippen MR) is 114 cm³/mol. The molecule has 2 aromatic rings. The number of aryl methyl sites for hydroxylation is 1. The topological polar surface area (TPSA) is 114 Å². The van der Waals surface area contributed by atoms with Gasteiger partial charge in [0.15, 0.2) is 9.84 Å². The van der Waals surface area contributed by atoms with Crippen molar-refractivity contribution in [2.24, 2.45) is 13.0 Å². The molecular formula is C22H23F3N4O4S. The van der Waals surface area contributed by atoms with Crippen LogP contribution in [0.5, 0.6) is 0 Å². The van der Waals surface area contributed by atoms with Crippen LogP contribution in [0.4, 0.5) is 13.2 Å². The van der Waals surface area contributed by atoms with Crippen LogP contribution in [-0.2, 0) is 32.6 Å². The van der Waals surface area contributed by atoms with Gasteiger partial charge in [-0.25, -0.2) is 8.42 Å². The Kier molecular flexibility index (Phi) is 5.98. The van der Waals surface area contributed by atoms with Crippen molar-refractivity contribution in [3.63, 3.8) is 0 Å². The monoisotopic (exact) mass is 496 g/mol. The highest BCUT2D eigenvalue weighted by Crippen LogP contribution is 2.43. The predicted octanol–water partition coefficient (Wildman–Crippen LogP) is 2.85. The fourth-order valence-electron chi connectivity index (χ4n) is 4.39. The number of rotatable bonds is 6. The van der Waals surface area contributed by atoms with Crippen molar-refractivity contribution < 1.29 is 31.1 Å². The van der Waals surface area contributed by atoms with Crippen molar-refractivity contribution in [2.75, 3.05) is 7.11 Å². The van der Waals surface area contributed by atoms with Gasteiger partial charge in [0, 0.05) is 25.9 Å². The summed E-state index contributed by atoms with van der Waals surface area (Å²) in [6.07, 6.45) is -2.12. The lowest BCUT2D eigenvalue weighted by molar-refractivity contribution is -0.139. The quantitative estimate of drug-likeness (QED) is 0.658. The number of amides is 1. The Bertz CT molecular complexity index is 1260. The molecule has 2 aliphatic rings. The number of benzene rings is 1. The molecule has 1 aromatic heterocycles. The zero-order valence-corrected chi connectivity index (χ0v) is 19.3. The van der Waals surface area contributed by atoms with Crippen LogP contribution in [-0.4, -0.2) is 48.1 Å². The Balaban J connectivity index is 1.66. The maximum absolute atomic E-state index is 13.9. The Hall–Kier alpha value is -2.91. The van der Waals surface area contributed by atoms with E-state index in [0.717, 1.165) is 12.1 Å². The van der Waals surface area contributed by atoms with E-state index in [-0.39, 0.29) is 18.4 Å². The van der Waals surface area contributed by atoms with Gasteiger partial charge in [-0.05, 0) is 43.4 Å². The molecule has 4 rings (SSSR count). The van der Waals surface area contributed by atoms with Gasteiger partial charge in [-0.1, -0.05) is 6.07 Å². The lowest BCUT2D eigenvalue weighted by Gasteiger charge is -2.19. The van der Waals surface area contributed by atoms with E-state index >= 15 is 0 Å². The largest absolute Gasteiger partial charge is 0.417 e. The SMILES string of the molecule is COC1CC(S(=O)(=O)c2ccc(-c3cnn(C)c3)cc2C(F)(F)F)C[C@H]1C(=O)NC1(C#N)CC1. The smallest absolute Gasteiger partial charge is 0.381 e. The highest BCUT2D eigenvalue weighted by Gasteiger charge is 2.51. The number of sulfone groups is 1. The minimum atomic E-state index is -4.91. The number of nitrogens with zero attached hydrogens (tertiary/aromatic N) is 3. The molecule has 1 aromatic carbocycles. The summed E-state index contributed by atoms with van der Waals surface area (Å²) >= 11 is 0. The van der Waals surface area contributed by atoms with Crippen LogP contribution in [0.25, 0.3) is 11.1 Å². The summed E-state index contributed by atoms with van der Waals surface area (Å²) in [4.78, 5) is 11.9. The van der Waals surface area contributed by atoms with E-state index in [9.17, 15) is 31.6 Å². The van der Waals surface area contributed by atoms with E-state index in [1.165, 1.54) is 30.3 Å². The van der Waals surface area contributed by atoms with Crippen LogP contribution in [0.1, 0.15) is 31.2 Å². The number of carbonyl (C=O) groups excluding carboxylic acids is 1. The zero-order valence-electron chi connectivity index (χ0n) is 18.5. The van der Waals surface area contributed by atoms with E-state index in [4.69, 9.17) is 4.74 Å². The van der Waals surface area contributed by atoms with Crippen LogP contribution in [0.15, 0.2) is 35.5 Å². The lowest BCUT2D eigenvalue weighted by atomic mass is 10.0. The van der Waals surface area contributed by atoms with Crippen LogP contribution in [0.2, 0.25) is 0 Å². The van der Waals surface area contributed by atoms with E-state index in [2.05, 4.69) is 10.4 Å². The minimum absolute atomic E-state index is 0.127. The standard InChI is InChI=1S/C22H23F3N4O4S/c1-29-11-14(10-27-29)13-3-4-19(17(7-13)22(23,24)25)34(31,32)15-8-16(18(9-15)33-2)20(30)28-21(12-26)5-6-21/h3-4,7,10-11,15-16,18H,5-6,8-9H2,1-2H3,(H,28,30)/t15?,16-,18?/m1/s1. The molecule has 2 aliphatic carbocycles. The molecule has 1 N–H and O–H groups in total. The summed E-state index contributed by atoms with van der Waals surface area (Å²) in [5.41, 5.74) is -1.61. The van der Waals surface area contributed by atoms with E-state index in [0.29, 0.717) is 18.4 Å². The minimum Gasteiger partial charge on any atom is -0.381 e. The Labute approximate surface area is 194 Å². The van der Waals surface area contributed by atoms with Crippen molar-refractivity contribution in [1.82, 2.24) is 15.1 Å². The lowest BCUT2D eigenvalue weighted by Crippen LogP contribution is -2.42. The average molecular weight is 497 g/mol. The summed E-state index contributed by atoms with van der Waals surface area (Å²) in [6.45, 7) is 0. The zero-order chi connectivity index (χ0) is 24.9. The number of halogens is 3. The van der Waals surface area contributed by atoms with Crippen LogP contribution in [0.3, 0.4) is 0 Å². The highest BCUT2D eigenvalue weighted by molar-refractivity contribution is 7.92. The molecule has 34 heavy (non-hydrogen) atoms. The summed E-state index contributed by atoms with van der Waals surface area (Å²) in [5.74, 6) is -1.41. The maximum Gasteiger partial charge on any atom is 0.417 e. The first-order valence-electron chi connectivity index (χ1n) is 10.6. The second kappa shape index (κ2) is 8.39. The molecule has 182 valence electrons. The number of methoxy groups -OCH3 is 1. The first-order valence-corrected chi connectivity index (χ1v) is 12.1. The third kappa shape index (κ3) is 4.42. The van der Waals surface area contributed by atoms with E-state index in [1.54, 1.807) is 7.05 Å². The van der Waals surface area contributed by atoms with Gasteiger partial charge < -0.3 is 10.1 Å². The van der Waals surface area contributed by atoms with Crippen molar-refractivity contribution in [3.05, 3.63) is 36.2 Å². The molecule has 2 saturated carbocycles. The van der Waals surface area contributed by atoms with Gasteiger partial charge in [-0.15, -0.1) is 0 Å². The molecule has 3 atom stereocenters. The first kappa shape index (κ1) is 24.2. The number of alkyl halides is 3. The van der Waals surface area contributed by atoms with Crippen LogP contribution < -0.4 is 5.32 Å². The number of nitriles is 1. The van der Waals surface area contributed by atoms with Gasteiger partial charge in [0.25, 0.3) is 0 Å². The molecule has 2 unspecified atom stereocenters. The van der Waals surface area contributed by atoms with Crippen molar-refractivity contribution in [2.45, 2.75) is 53.6 Å². The molecule has 1 heterocycles. The second-order valence-electron chi connectivity index (χ2n) is 8.81. The normalized spacial score (nSPS) is 23.9. The van der Waals surface area contributed by atoms with E-state index < -0.39 is 55.2 Å². The van der Waals surface area contributed by atoms with Gasteiger partial charge in [0.2, 0.25) is 5.91 Å². The summed E-state index contributed by atoms with van der Waals surface area (Å²) in [6, 6.07) is 5.11. The maximum atomic E-state index is 13.9. The molecule has 1 amide bonds. The fraction of sp³-hybridized carbons (Fsp3) is 0.500. The van der Waals surface area contributed by atoms with Crippen LogP contribution >= 0.6 is 0 Å². The Morgan fingerprint density at radius 2 is 2.00 bits per heavy atom. The van der Waals surface area contributed by atoms with Gasteiger partial charge in [-0.2, -0.15) is 23.5 Å². The molecule has 0 bridgehead atoms. The molecule has 2 fully saturated rings. The Morgan fingerprint density at radius 1 is 1.29 bits per heavy atom. The third-order valence-electron chi connectivity index (χ3n) is 6.50. The first-order chi connectivity index (χ1) is 15.9. The molecule has 0 spiro atoms. The number of aromatic nitrogens is 2. The van der Waals surface area contributed by atoms with Crippen LogP contribution in [0, 0.1) is 17.2 Å². The number of hydrogen-bond acceptors (Lipinski definition) is 6. The third-order valence-corrected chi connectivity index (χ3v) is 8.73. The number of ether oxygens (including phenoxy) is 1. The highest BCUT2D eigenvalue weighted by atomic mass is 32.2. The summed E-state index contributed by atoms with van der Waals surface area (Å²) in [5, 5.41) is 14.5. The van der Waals surface area contributed by atoms with Crippen molar-refractivity contribution in [3.8, 4) is 17.2 Å². The molecule has 12 heteroatoms. The van der Waals surface area contributed by atoms with E-state index in [1.807, 2.05) is 6.07 Å². The number of hydrogen-bond donors (Lipinski definition) is 1. The van der Waals surface area contributed by atoms with Gasteiger partial charge in [-0.3, -0.25) is 9.48 Å². The molecule has 0 radical (unpaired) electrons. The average Bonchev–Trinajstić information content (AvgIpc) is 3.19.